The average Bonchev–Trinajstić information content (AvgIpc) is 2.57. The first kappa shape index (κ1) is 16.9. The highest BCUT2D eigenvalue weighted by atomic mass is 35.5. The summed E-state index contributed by atoms with van der Waals surface area (Å²) in [5.41, 5.74) is 2.83. The van der Waals surface area contributed by atoms with E-state index in [1.807, 2.05) is 19.1 Å². The zero-order valence-electron chi connectivity index (χ0n) is 13.2. The lowest BCUT2D eigenvalue weighted by Gasteiger charge is -2.26. The second-order valence-electron chi connectivity index (χ2n) is 5.79. The molecular weight excluding hydrogens is 348 g/mol. The molecule has 126 valence electrons. The Morgan fingerprint density at radius 2 is 1.88 bits per heavy atom. The molecule has 0 aliphatic carbocycles. The molecule has 2 aromatic rings. The van der Waals surface area contributed by atoms with Crippen molar-refractivity contribution in [2.75, 3.05) is 24.6 Å². The molecule has 0 saturated carbocycles. The molecule has 1 saturated heterocycles. The van der Waals surface area contributed by atoms with Crippen molar-refractivity contribution in [2.24, 2.45) is 0 Å². The number of hydrogen-bond donors (Lipinski definition) is 0. The standard InChI is InChI=1S/C17H17ClN2O3S/c1-12-15(18)5-6-16(19-12)13-3-2-4-14(11-13)17(21)20-7-9-24(22,23)10-8-20/h2-6,11H,7-10H2,1H3. The third-order valence-corrected chi connectivity index (χ3v) is 6.07. The van der Waals surface area contributed by atoms with E-state index in [0.29, 0.717) is 10.6 Å². The summed E-state index contributed by atoms with van der Waals surface area (Å²) in [4.78, 5) is 18.6. The van der Waals surface area contributed by atoms with Crippen LogP contribution in [0.25, 0.3) is 11.3 Å². The molecule has 1 aromatic heterocycles. The third-order valence-electron chi connectivity index (χ3n) is 4.06. The van der Waals surface area contributed by atoms with Gasteiger partial charge in [-0.05, 0) is 31.2 Å². The molecule has 1 amide bonds. The van der Waals surface area contributed by atoms with Gasteiger partial charge in [-0.1, -0.05) is 23.7 Å². The Hall–Kier alpha value is -1.92. The van der Waals surface area contributed by atoms with E-state index < -0.39 is 9.84 Å². The second kappa shape index (κ2) is 6.53. The molecule has 0 bridgehead atoms. The lowest BCUT2D eigenvalue weighted by molar-refractivity contribution is 0.0770. The number of rotatable bonds is 2. The van der Waals surface area contributed by atoms with Gasteiger partial charge < -0.3 is 4.90 Å². The summed E-state index contributed by atoms with van der Waals surface area (Å²) in [7, 11) is -3.01. The number of aromatic nitrogens is 1. The van der Waals surface area contributed by atoms with E-state index in [4.69, 9.17) is 11.6 Å². The lowest BCUT2D eigenvalue weighted by Crippen LogP contribution is -2.43. The van der Waals surface area contributed by atoms with Crippen LogP contribution in [0, 0.1) is 6.92 Å². The minimum absolute atomic E-state index is 0.0242. The van der Waals surface area contributed by atoms with Crippen LogP contribution in [0.4, 0.5) is 0 Å². The molecule has 1 aliphatic heterocycles. The number of benzene rings is 1. The Morgan fingerprint density at radius 3 is 2.54 bits per heavy atom. The van der Waals surface area contributed by atoms with E-state index >= 15 is 0 Å². The fourth-order valence-corrected chi connectivity index (χ4v) is 3.92. The Labute approximate surface area is 146 Å². The highest BCUT2D eigenvalue weighted by Crippen LogP contribution is 2.23. The van der Waals surface area contributed by atoms with Crippen molar-refractivity contribution in [1.82, 2.24) is 9.88 Å². The zero-order chi connectivity index (χ0) is 17.3. The number of halogens is 1. The largest absolute Gasteiger partial charge is 0.337 e. The van der Waals surface area contributed by atoms with Gasteiger partial charge in [-0.15, -0.1) is 0 Å². The van der Waals surface area contributed by atoms with Crippen molar-refractivity contribution in [3.63, 3.8) is 0 Å². The van der Waals surface area contributed by atoms with Crippen LogP contribution < -0.4 is 0 Å². The molecule has 24 heavy (non-hydrogen) atoms. The van der Waals surface area contributed by atoms with Crippen LogP contribution in [0.15, 0.2) is 36.4 Å². The summed E-state index contributed by atoms with van der Waals surface area (Å²) in [5, 5.41) is 0.598. The molecule has 0 N–H and O–H groups in total. The van der Waals surface area contributed by atoms with Crippen LogP contribution in [-0.4, -0.2) is 48.8 Å². The quantitative estimate of drug-likeness (QED) is 0.821. The van der Waals surface area contributed by atoms with E-state index in [2.05, 4.69) is 4.98 Å². The molecule has 1 aromatic carbocycles. The Bertz CT molecular complexity index is 882. The van der Waals surface area contributed by atoms with Gasteiger partial charge in [0.15, 0.2) is 9.84 Å². The van der Waals surface area contributed by atoms with E-state index in [0.717, 1.165) is 17.0 Å². The van der Waals surface area contributed by atoms with Gasteiger partial charge in [-0.2, -0.15) is 0 Å². The molecule has 5 nitrogen and oxygen atoms in total. The SMILES string of the molecule is Cc1nc(-c2cccc(C(=O)N3CCS(=O)(=O)CC3)c2)ccc1Cl. The summed E-state index contributed by atoms with van der Waals surface area (Å²) < 4.78 is 23.0. The minimum atomic E-state index is -3.01. The first-order chi connectivity index (χ1) is 11.4. The van der Waals surface area contributed by atoms with Crippen molar-refractivity contribution in [3.05, 3.63) is 52.7 Å². The monoisotopic (exact) mass is 364 g/mol. The molecule has 1 aliphatic rings. The van der Waals surface area contributed by atoms with Crippen LogP contribution in [-0.2, 0) is 9.84 Å². The van der Waals surface area contributed by atoms with Gasteiger partial charge in [0, 0.05) is 24.2 Å². The maximum Gasteiger partial charge on any atom is 0.253 e. The number of carbonyl (C=O) groups is 1. The number of sulfone groups is 1. The van der Waals surface area contributed by atoms with Gasteiger partial charge in [0.1, 0.15) is 0 Å². The minimum Gasteiger partial charge on any atom is -0.337 e. The van der Waals surface area contributed by atoms with E-state index in [1.165, 1.54) is 0 Å². The maximum absolute atomic E-state index is 12.6. The van der Waals surface area contributed by atoms with Gasteiger partial charge in [0.05, 0.1) is 27.9 Å². The molecule has 1 fully saturated rings. The van der Waals surface area contributed by atoms with E-state index in [1.54, 1.807) is 29.2 Å². The summed E-state index contributed by atoms with van der Waals surface area (Å²) in [5.74, 6) is -0.107. The van der Waals surface area contributed by atoms with E-state index in [9.17, 15) is 13.2 Å². The number of nitrogens with zero attached hydrogens (tertiary/aromatic N) is 2. The second-order valence-corrected chi connectivity index (χ2v) is 8.50. The predicted molar refractivity (Wildman–Crippen MR) is 94.0 cm³/mol. The van der Waals surface area contributed by atoms with Crippen LogP contribution in [0.5, 0.6) is 0 Å². The number of aryl methyl sites for hydroxylation is 1. The smallest absolute Gasteiger partial charge is 0.253 e. The predicted octanol–water partition coefficient (Wildman–Crippen LogP) is 2.58. The van der Waals surface area contributed by atoms with Crippen LogP contribution in [0.2, 0.25) is 5.02 Å². The van der Waals surface area contributed by atoms with Crippen molar-refractivity contribution < 1.29 is 13.2 Å². The Morgan fingerprint density at radius 1 is 1.17 bits per heavy atom. The van der Waals surface area contributed by atoms with Crippen molar-refractivity contribution in [3.8, 4) is 11.3 Å². The molecule has 3 rings (SSSR count). The lowest BCUT2D eigenvalue weighted by atomic mass is 10.1. The van der Waals surface area contributed by atoms with E-state index in [-0.39, 0.29) is 30.5 Å². The molecule has 0 spiro atoms. The zero-order valence-corrected chi connectivity index (χ0v) is 14.8. The van der Waals surface area contributed by atoms with Crippen molar-refractivity contribution >= 4 is 27.3 Å². The average molecular weight is 365 g/mol. The van der Waals surface area contributed by atoms with Crippen LogP contribution in [0.1, 0.15) is 16.1 Å². The van der Waals surface area contributed by atoms with Crippen molar-refractivity contribution in [2.45, 2.75) is 6.92 Å². The van der Waals surface area contributed by atoms with Gasteiger partial charge in [-0.25, -0.2) is 8.42 Å². The number of pyridine rings is 1. The molecular formula is C17H17ClN2O3S. The van der Waals surface area contributed by atoms with Crippen molar-refractivity contribution in [1.29, 1.82) is 0 Å². The van der Waals surface area contributed by atoms with Crippen LogP contribution >= 0.6 is 11.6 Å². The van der Waals surface area contributed by atoms with Gasteiger partial charge in [0.2, 0.25) is 0 Å². The number of carbonyl (C=O) groups excluding carboxylic acids is 1. The molecule has 0 radical (unpaired) electrons. The summed E-state index contributed by atoms with van der Waals surface area (Å²) in [6, 6.07) is 10.8. The maximum atomic E-state index is 12.6. The summed E-state index contributed by atoms with van der Waals surface area (Å²) in [6.45, 7) is 2.31. The first-order valence-corrected chi connectivity index (χ1v) is 9.79. The number of hydrogen-bond acceptors (Lipinski definition) is 4. The summed E-state index contributed by atoms with van der Waals surface area (Å²) in [6.07, 6.45) is 0. The third kappa shape index (κ3) is 3.60. The highest BCUT2D eigenvalue weighted by molar-refractivity contribution is 7.91. The Balaban J connectivity index is 1.85. The molecule has 2 heterocycles. The van der Waals surface area contributed by atoms with Gasteiger partial charge >= 0.3 is 0 Å². The summed E-state index contributed by atoms with van der Waals surface area (Å²) >= 11 is 6.00. The number of amides is 1. The molecule has 0 atom stereocenters. The van der Waals surface area contributed by atoms with Crippen LogP contribution in [0.3, 0.4) is 0 Å². The topological polar surface area (TPSA) is 67.3 Å². The molecule has 7 heteroatoms. The fourth-order valence-electron chi connectivity index (χ4n) is 2.61. The Kier molecular flexibility index (Phi) is 4.60. The van der Waals surface area contributed by atoms with Gasteiger partial charge in [-0.3, -0.25) is 9.78 Å². The first-order valence-electron chi connectivity index (χ1n) is 7.59. The highest BCUT2D eigenvalue weighted by Gasteiger charge is 2.25. The molecule has 0 unspecified atom stereocenters. The van der Waals surface area contributed by atoms with Gasteiger partial charge in [0.25, 0.3) is 5.91 Å². The normalized spacial score (nSPS) is 16.8. The fraction of sp³-hybridized carbons (Fsp3) is 0.294.